The predicted molar refractivity (Wildman–Crippen MR) is 73.4 cm³/mol. The first-order valence-corrected chi connectivity index (χ1v) is 6.88. The molecule has 0 aliphatic carbocycles. The second-order valence-corrected chi connectivity index (χ2v) is 5.14. The van der Waals surface area contributed by atoms with Gasteiger partial charge in [-0.25, -0.2) is 9.18 Å². The molecule has 5 nitrogen and oxygen atoms in total. The van der Waals surface area contributed by atoms with Crippen LogP contribution in [0.2, 0.25) is 0 Å². The van der Waals surface area contributed by atoms with E-state index in [0.29, 0.717) is 25.8 Å². The highest BCUT2D eigenvalue weighted by molar-refractivity contribution is 5.82. The molecule has 2 N–H and O–H groups in total. The second kappa shape index (κ2) is 6.67. The summed E-state index contributed by atoms with van der Waals surface area (Å²) in [6.07, 6.45) is -0.226. The molecule has 1 aliphatic heterocycles. The van der Waals surface area contributed by atoms with E-state index >= 15 is 0 Å². The number of aryl methyl sites for hydroxylation is 1. The lowest BCUT2D eigenvalue weighted by Crippen LogP contribution is -2.36. The molecule has 1 saturated heterocycles. The van der Waals surface area contributed by atoms with Gasteiger partial charge in [0.1, 0.15) is 11.9 Å². The number of amides is 1. The summed E-state index contributed by atoms with van der Waals surface area (Å²) in [5, 5.41) is 11.5. The zero-order chi connectivity index (χ0) is 15.4. The van der Waals surface area contributed by atoms with Gasteiger partial charge in [-0.05, 0) is 49.4 Å². The maximum absolute atomic E-state index is 13.0. The fourth-order valence-corrected chi connectivity index (χ4v) is 2.39. The maximum Gasteiger partial charge on any atom is 0.332 e. The van der Waals surface area contributed by atoms with E-state index < -0.39 is 18.2 Å². The summed E-state index contributed by atoms with van der Waals surface area (Å²) in [6.45, 7) is 2.22. The molecule has 2 rings (SSSR count). The van der Waals surface area contributed by atoms with E-state index in [-0.39, 0.29) is 11.7 Å². The number of hydrogen-bond acceptors (Lipinski definition) is 3. The van der Waals surface area contributed by atoms with Gasteiger partial charge in [-0.2, -0.15) is 0 Å². The Labute approximate surface area is 122 Å². The molecule has 0 aromatic heterocycles. The van der Waals surface area contributed by atoms with Crippen LogP contribution in [0.3, 0.4) is 0 Å². The zero-order valence-corrected chi connectivity index (χ0v) is 11.8. The maximum atomic E-state index is 13.0. The van der Waals surface area contributed by atoms with E-state index in [1.54, 1.807) is 6.07 Å². The molecule has 1 aliphatic rings. The minimum absolute atomic E-state index is 0.278. The fourth-order valence-electron chi connectivity index (χ4n) is 2.39. The molecule has 0 bridgehead atoms. The first kappa shape index (κ1) is 15.4. The largest absolute Gasteiger partial charge is 0.479 e. The van der Waals surface area contributed by atoms with Crippen molar-refractivity contribution >= 4 is 11.9 Å². The molecular formula is C15H18FNO4. The van der Waals surface area contributed by atoms with Crippen molar-refractivity contribution < 1.29 is 23.8 Å². The smallest absolute Gasteiger partial charge is 0.332 e. The number of halogens is 1. The molecule has 0 unspecified atom stereocenters. The van der Waals surface area contributed by atoms with Crippen LogP contribution >= 0.6 is 0 Å². The van der Waals surface area contributed by atoms with Gasteiger partial charge in [-0.15, -0.1) is 0 Å². The SMILES string of the molecule is Cc1cc(F)ccc1CCNC(=O)[C@@H]1CC[C@H](C(=O)O)O1. The van der Waals surface area contributed by atoms with E-state index in [1.807, 2.05) is 6.92 Å². The summed E-state index contributed by atoms with van der Waals surface area (Å²) in [5.41, 5.74) is 1.81. The summed E-state index contributed by atoms with van der Waals surface area (Å²) >= 11 is 0. The Morgan fingerprint density at radius 2 is 2.10 bits per heavy atom. The highest BCUT2D eigenvalue weighted by atomic mass is 19.1. The van der Waals surface area contributed by atoms with Crippen molar-refractivity contribution in [1.82, 2.24) is 5.32 Å². The molecule has 21 heavy (non-hydrogen) atoms. The van der Waals surface area contributed by atoms with Crippen LogP contribution in [0, 0.1) is 12.7 Å². The molecule has 114 valence electrons. The predicted octanol–water partition coefficient (Wildman–Crippen LogP) is 1.43. The Morgan fingerprint density at radius 1 is 1.38 bits per heavy atom. The van der Waals surface area contributed by atoms with E-state index in [9.17, 15) is 14.0 Å². The number of carbonyl (C=O) groups excluding carboxylic acids is 1. The molecule has 0 spiro atoms. The number of aliphatic carboxylic acids is 1. The van der Waals surface area contributed by atoms with Crippen LogP contribution in [0.5, 0.6) is 0 Å². The monoisotopic (exact) mass is 295 g/mol. The van der Waals surface area contributed by atoms with Gasteiger partial charge in [0.05, 0.1) is 0 Å². The van der Waals surface area contributed by atoms with Crippen LogP contribution in [-0.4, -0.2) is 35.7 Å². The average molecular weight is 295 g/mol. The number of ether oxygens (including phenoxy) is 1. The van der Waals surface area contributed by atoms with Crippen LogP contribution < -0.4 is 5.32 Å². The number of hydrogen-bond donors (Lipinski definition) is 2. The average Bonchev–Trinajstić information content (AvgIpc) is 2.91. The normalized spacial score (nSPS) is 21.2. The zero-order valence-electron chi connectivity index (χ0n) is 11.8. The van der Waals surface area contributed by atoms with Crippen molar-refractivity contribution in [3.63, 3.8) is 0 Å². The number of carbonyl (C=O) groups is 2. The first-order valence-electron chi connectivity index (χ1n) is 6.88. The van der Waals surface area contributed by atoms with Crippen molar-refractivity contribution in [2.24, 2.45) is 0 Å². The third kappa shape index (κ3) is 4.01. The Hall–Kier alpha value is -1.95. The number of carboxylic acids is 1. The van der Waals surface area contributed by atoms with Gasteiger partial charge in [-0.3, -0.25) is 4.79 Å². The molecule has 1 amide bonds. The second-order valence-electron chi connectivity index (χ2n) is 5.14. The number of benzene rings is 1. The summed E-state index contributed by atoms with van der Waals surface area (Å²) in [4.78, 5) is 22.6. The van der Waals surface area contributed by atoms with Gasteiger partial charge in [-0.1, -0.05) is 6.07 Å². The van der Waals surface area contributed by atoms with Gasteiger partial charge < -0.3 is 15.2 Å². The standard InChI is InChI=1S/C15H18FNO4/c1-9-8-11(16)3-2-10(9)6-7-17-14(18)12-4-5-13(21-12)15(19)20/h2-3,8,12-13H,4-7H2,1H3,(H,17,18)(H,19,20)/t12-,13+/m0/s1. The van der Waals surface area contributed by atoms with Crippen LogP contribution in [-0.2, 0) is 20.7 Å². The molecule has 1 fully saturated rings. The number of nitrogens with one attached hydrogen (secondary N) is 1. The van der Waals surface area contributed by atoms with Crippen LogP contribution in [0.25, 0.3) is 0 Å². The highest BCUT2D eigenvalue weighted by Gasteiger charge is 2.34. The lowest BCUT2D eigenvalue weighted by atomic mass is 10.1. The topological polar surface area (TPSA) is 75.6 Å². The Bertz CT molecular complexity index is 546. The third-order valence-corrected chi connectivity index (χ3v) is 3.59. The quantitative estimate of drug-likeness (QED) is 0.861. The van der Waals surface area contributed by atoms with Gasteiger partial charge in [0, 0.05) is 6.54 Å². The van der Waals surface area contributed by atoms with Crippen molar-refractivity contribution in [1.29, 1.82) is 0 Å². The molecule has 2 atom stereocenters. The summed E-state index contributed by atoms with van der Waals surface area (Å²) in [7, 11) is 0. The van der Waals surface area contributed by atoms with E-state index in [0.717, 1.165) is 11.1 Å². The molecule has 1 heterocycles. The van der Waals surface area contributed by atoms with Crippen LogP contribution in [0.4, 0.5) is 4.39 Å². The van der Waals surface area contributed by atoms with Crippen molar-refractivity contribution in [2.75, 3.05) is 6.54 Å². The number of rotatable bonds is 5. The molecule has 6 heteroatoms. The highest BCUT2D eigenvalue weighted by Crippen LogP contribution is 2.20. The first-order chi connectivity index (χ1) is 9.97. The minimum Gasteiger partial charge on any atom is -0.479 e. The van der Waals surface area contributed by atoms with Crippen molar-refractivity contribution in [3.8, 4) is 0 Å². The Morgan fingerprint density at radius 3 is 2.71 bits per heavy atom. The fraction of sp³-hybridized carbons (Fsp3) is 0.467. The minimum atomic E-state index is -1.03. The van der Waals surface area contributed by atoms with Gasteiger partial charge >= 0.3 is 5.97 Å². The van der Waals surface area contributed by atoms with Crippen molar-refractivity contribution in [2.45, 2.75) is 38.4 Å². The summed E-state index contributed by atoms with van der Waals surface area (Å²) < 4.78 is 18.1. The third-order valence-electron chi connectivity index (χ3n) is 3.59. The molecule has 1 aromatic rings. The van der Waals surface area contributed by atoms with Crippen molar-refractivity contribution in [3.05, 3.63) is 35.1 Å². The molecular weight excluding hydrogens is 277 g/mol. The van der Waals surface area contributed by atoms with Crippen LogP contribution in [0.1, 0.15) is 24.0 Å². The Balaban J connectivity index is 1.78. The number of carboxylic acid groups (broad SMARTS) is 1. The van der Waals surface area contributed by atoms with E-state index in [1.165, 1.54) is 12.1 Å². The summed E-state index contributed by atoms with van der Waals surface area (Å²) in [6, 6.07) is 4.54. The molecule has 0 saturated carbocycles. The molecule has 1 aromatic carbocycles. The van der Waals surface area contributed by atoms with Gasteiger partial charge in [0.2, 0.25) is 5.91 Å². The van der Waals surface area contributed by atoms with E-state index in [4.69, 9.17) is 9.84 Å². The van der Waals surface area contributed by atoms with Crippen LogP contribution in [0.15, 0.2) is 18.2 Å². The van der Waals surface area contributed by atoms with Gasteiger partial charge in [0.15, 0.2) is 6.10 Å². The summed E-state index contributed by atoms with van der Waals surface area (Å²) in [5.74, 6) is -1.61. The Kier molecular flexibility index (Phi) is 4.90. The lowest BCUT2D eigenvalue weighted by molar-refractivity contribution is -0.151. The van der Waals surface area contributed by atoms with E-state index in [2.05, 4.69) is 5.32 Å². The lowest BCUT2D eigenvalue weighted by Gasteiger charge is -2.12. The molecule has 0 radical (unpaired) electrons. The van der Waals surface area contributed by atoms with Gasteiger partial charge in [0.25, 0.3) is 0 Å².